The summed E-state index contributed by atoms with van der Waals surface area (Å²) in [5.74, 6) is 0.184. The summed E-state index contributed by atoms with van der Waals surface area (Å²) < 4.78 is 0. The van der Waals surface area contributed by atoms with E-state index in [2.05, 4.69) is 11.9 Å². The Balaban J connectivity index is 1.70. The van der Waals surface area contributed by atoms with Crippen LogP contribution in [0.15, 0.2) is 0 Å². The second-order valence-corrected chi connectivity index (χ2v) is 6.08. The van der Waals surface area contributed by atoms with Gasteiger partial charge in [0.05, 0.1) is 6.42 Å². The predicted octanol–water partition coefficient (Wildman–Crippen LogP) is 1.19. The van der Waals surface area contributed by atoms with Crippen LogP contribution < -0.4 is 0 Å². The molecule has 3 aliphatic heterocycles. The van der Waals surface area contributed by atoms with Crippen molar-refractivity contribution in [3.63, 3.8) is 0 Å². The highest BCUT2D eigenvalue weighted by molar-refractivity contribution is 6.00. The van der Waals surface area contributed by atoms with Crippen molar-refractivity contribution in [2.24, 2.45) is 0 Å². The summed E-state index contributed by atoms with van der Waals surface area (Å²) in [6.07, 6.45) is 6.78. The van der Waals surface area contributed by atoms with Gasteiger partial charge in [-0.25, -0.2) is 0 Å². The quantitative estimate of drug-likeness (QED) is 0.656. The minimum Gasteiger partial charge on any atom is -0.339 e. The van der Waals surface area contributed by atoms with Crippen molar-refractivity contribution in [1.82, 2.24) is 9.80 Å². The molecule has 4 nitrogen and oxygen atoms in total. The number of amides is 1. The molecule has 3 heterocycles. The van der Waals surface area contributed by atoms with E-state index in [1.165, 1.54) is 19.3 Å². The van der Waals surface area contributed by atoms with E-state index in [0.29, 0.717) is 31.1 Å². The van der Waals surface area contributed by atoms with Gasteiger partial charge in [0.2, 0.25) is 5.91 Å². The molecule has 0 aromatic carbocycles. The number of nitrogens with zero attached hydrogens (tertiary/aromatic N) is 2. The molecule has 3 aliphatic rings. The number of hydrogen-bond acceptors (Lipinski definition) is 3. The first-order valence-electron chi connectivity index (χ1n) is 7.18. The van der Waals surface area contributed by atoms with Gasteiger partial charge in [0.1, 0.15) is 5.78 Å². The molecule has 3 rings (SSSR count). The first-order chi connectivity index (χ1) is 8.65. The summed E-state index contributed by atoms with van der Waals surface area (Å²) in [5.41, 5.74) is 0. The number of piperidine rings is 3. The lowest BCUT2D eigenvalue weighted by Gasteiger charge is -2.50. The van der Waals surface area contributed by atoms with Gasteiger partial charge in [-0.2, -0.15) is 0 Å². The van der Waals surface area contributed by atoms with E-state index in [4.69, 9.17) is 0 Å². The molecule has 2 atom stereocenters. The zero-order valence-electron chi connectivity index (χ0n) is 11.1. The molecule has 3 saturated heterocycles. The maximum Gasteiger partial charge on any atom is 0.230 e. The summed E-state index contributed by atoms with van der Waals surface area (Å²) in [5, 5.41) is 0. The van der Waals surface area contributed by atoms with Crippen molar-refractivity contribution in [3.05, 3.63) is 0 Å². The van der Waals surface area contributed by atoms with Crippen LogP contribution in [0.4, 0.5) is 0 Å². The van der Waals surface area contributed by atoms with Crippen molar-refractivity contribution in [2.75, 3.05) is 13.6 Å². The molecule has 0 radical (unpaired) electrons. The van der Waals surface area contributed by atoms with Crippen LogP contribution in [0.25, 0.3) is 0 Å². The third kappa shape index (κ3) is 2.07. The number of fused-ring (bicyclic) bond motifs is 2. The van der Waals surface area contributed by atoms with E-state index < -0.39 is 0 Å². The molecule has 3 fully saturated rings. The normalized spacial score (nSPS) is 38.1. The Morgan fingerprint density at radius 2 is 1.72 bits per heavy atom. The molecular formula is C14H22N2O2. The van der Waals surface area contributed by atoms with E-state index >= 15 is 0 Å². The van der Waals surface area contributed by atoms with Crippen LogP contribution in [0.3, 0.4) is 0 Å². The fourth-order valence-electron chi connectivity index (χ4n) is 3.96. The van der Waals surface area contributed by atoms with Crippen molar-refractivity contribution in [3.8, 4) is 0 Å². The van der Waals surface area contributed by atoms with Gasteiger partial charge in [0, 0.05) is 31.1 Å². The maximum atomic E-state index is 12.0. The van der Waals surface area contributed by atoms with Crippen LogP contribution >= 0.6 is 0 Å². The fraction of sp³-hybridized carbons (Fsp3) is 0.857. The zero-order chi connectivity index (χ0) is 12.7. The molecule has 2 bridgehead atoms. The van der Waals surface area contributed by atoms with Crippen molar-refractivity contribution in [1.29, 1.82) is 0 Å². The van der Waals surface area contributed by atoms with Crippen molar-refractivity contribution < 1.29 is 9.59 Å². The van der Waals surface area contributed by atoms with E-state index in [-0.39, 0.29) is 18.1 Å². The van der Waals surface area contributed by atoms with Crippen LogP contribution in [0.5, 0.6) is 0 Å². The van der Waals surface area contributed by atoms with E-state index in [0.717, 1.165) is 12.8 Å². The topological polar surface area (TPSA) is 40.6 Å². The van der Waals surface area contributed by atoms with Crippen LogP contribution in [-0.4, -0.2) is 53.2 Å². The number of rotatable bonds is 1. The van der Waals surface area contributed by atoms with Crippen molar-refractivity contribution in [2.45, 2.75) is 63.1 Å². The van der Waals surface area contributed by atoms with Crippen molar-refractivity contribution >= 4 is 11.7 Å². The molecule has 0 N–H and O–H groups in total. The summed E-state index contributed by atoms with van der Waals surface area (Å²) in [7, 11) is 2.23. The second-order valence-electron chi connectivity index (χ2n) is 6.08. The number of likely N-dealkylation sites (tertiary alicyclic amines) is 1. The Hall–Kier alpha value is -0.900. The Bertz CT molecular complexity index is 355. The fourth-order valence-corrected chi connectivity index (χ4v) is 3.96. The molecule has 4 heteroatoms. The summed E-state index contributed by atoms with van der Waals surface area (Å²) in [6, 6.07) is 1.68. The Kier molecular flexibility index (Phi) is 3.14. The van der Waals surface area contributed by atoms with E-state index in [1.54, 1.807) is 0 Å². The SMILES string of the molecule is CN1C2CCCC1CC(N1CCC(=O)CC1=O)C2. The Labute approximate surface area is 108 Å². The van der Waals surface area contributed by atoms with Gasteiger partial charge in [0.15, 0.2) is 0 Å². The highest BCUT2D eigenvalue weighted by Crippen LogP contribution is 2.35. The standard InChI is InChI=1S/C14H22N2O2/c1-15-10-3-2-4-11(15)8-12(7-10)16-6-5-13(17)9-14(16)18/h10-12H,2-9H2,1H3. The number of hydrogen-bond donors (Lipinski definition) is 0. The van der Waals surface area contributed by atoms with Crippen LogP contribution in [-0.2, 0) is 9.59 Å². The van der Waals surface area contributed by atoms with E-state index in [1.807, 2.05) is 4.90 Å². The number of carbonyl (C=O) groups is 2. The van der Waals surface area contributed by atoms with Gasteiger partial charge in [-0.3, -0.25) is 9.59 Å². The number of ketones is 1. The average Bonchev–Trinajstić information content (AvgIpc) is 2.29. The van der Waals surface area contributed by atoms with Crippen LogP contribution in [0, 0.1) is 0 Å². The molecule has 0 aromatic heterocycles. The molecule has 0 spiro atoms. The average molecular weight is 250 g/mol. The predicted molar refractivity (Wildman–Crippen MR) is 68.2 cm³/mol. The van der Waals surface area contributed by atoms with Crippen LogP contribution in [0.2, 0.25) is 0 Å². The van der Waals surface area contributed by atoms with Gasteiger partial charge < -0.3 is 9.80 Å². The minimum absolute atomic E-state index is 0.0684. The van der Waals surface area contributed by atoms with E-state index in [9.17, 15) is 9.59 Å². The first-order valence-corrected chi connectivity index (χ1v) is 7.18. The molecule has 0 aromatic rings. The monoisotopic (exact) mass is 250 g/mol. The lowest BCUT2D eigenvalue weighted by Crippen LogP contribution is -2.57. The Morgan fingerprint density at radius 1 is 1.06 bits per heavy atom. The lowest BCUT2D eigenvalue weighted by molar-refractivity contribution is -0.143. The summed E-state index contributed by atoms with van der Waals surface area (Å²) >= 11 is 0. The molecule has 18 heavy (non-hydrogen) atoms. The third-order valence-electron chi connectivity index (χ3n) is 5.06. The third-order valence-corrected chi connectivity index (χ3v) is 5.06. The molecule has 1 amide bonds. The smallest absolute Gasteiger partial charge is 0.230 e. The summed E-state index contributed by atoms with van der Waals surface area (Å²) in [6.45, 7) is 0.658. The maximum absolute atomic E-state index is 12.0. The highest BCUT2D eigenvalue weighted by Gasteiger charge is 2.40. The molecule has 2 unspecified atom stereocenters. The number of Topliss-reactive ketones (excluding diaryl/α,β-unsaturated/α-hetero) is 1. The van der Waals surface area contributed by atoms with Gasteiger partial charge in [-0.1, -0.05) is 6.42 Å². The molecule has 0 saturated carbocycles. The molecule has 100 valence electrons. The van der Waals surface area contributed by atoms with Gasteiger partial charge in [0.25, 0.3) is 0 Å². The number of carbonyl (C=O) groups excluding carboxylic acids is 2. The van der Waals surface area contributed by atoms with Crippen LogP contribution in [0.1, 0.15) is 44.9 Å². The Morgan fingerprint density at radius 3 is 2.33 bits per heavy atom. The minimum atomic E-state index is 0.0684. The van der Waals surface area contributed by atoms with Gasteiger partial charge >= 0.3 is 0 Å². The summed E-state index contributed by atoms with van der Waals surface area (Å²) in [4.78, 5) is 27.8. The van der Waals surface area contributed by atoms with Gasteiger partial charge in [-0.05, 0) is 32.7 Å². The molecule has 0 aliphatic carbocycles. The van der Waals surface area contributed by atoms with Gasteiger partial charge in [-0.15, -0.1) is 0 Å². The highest BCUT2D eigenvalue weighted by atomic mass is 16.2. The second kappa shape index (κ2) is 4.65. The lowest BCUT2D eigenvalue weighted by atomic mass is 9.81. The largest absolute Gasteiger partial charge is 0.339 e. The zero-order valence-corrected chi connectivity index (χ0v) is 11.1. The first kappa shape index (κ1) is 12.2. The molecular weight excluding hydrogens is 228 g/mol.